The van der Waals surface area contributed by atoms with Crippen LogP contribution in [0.25, 0.3) is 10.1 Å². The van der Waals surface area contributed by atoms with Crippen molar-refractivity contribution in [3.63, 3.8) is 0 Å². The molecular formula is C13H11N3O2S2. The van der Waals surface area contributed by atoms with Gasteiger partial charge in [-0.15, -0.1) is 21.5 Å². The SMILES string of the molecule is C[S@@](=O)c1nncn1CC(=O)c1csc2ccccc12. The van der Waals surface area contributed by atoms with Gasteiger partial charge in [-0.25, -0.2) is 0 Å². The third kappa shape index (κ3) is 2.30. The summed E-state index contributed by atoms with van der Waals surface area (Å²) in [7, 11) is -1.26. The molecule has 0 N–H and O–H groups in total. The van der Waals surface area contributed by atoms with Gasteiger partial charge in [0.15, 0.2) is 5.78 Å². The van der Waals surface area contributed by atoms with Gasteiger partial charge in [-0.05, 0) is 6.07 Å². The molecule has 102 valence electrons. The van der Waals surface area contributed by atoms with E-state index < -0.39 is 10.8 Å². The van der Waals surface area contributed by atoms with E-state index in [1.165, 1.54) is 17.2 Å². The highest BCUT2D eigenvalue weighted by molar-refractivity contribution is 7.84. The maximum atomic E-state index is 12.4. The summed E-state index contributed by atoms with van der Waals surface area (Å²) < 4.78 is 14.1. The predicted octanol–water partition coefficient (Wildman–Crippen LogP) is 2.11. The van der Waals surface area contributed by atoms with Crippen LogP contribution in [-0.2, 0) is 17.3 Å². The van der Waals surface area contributed by atoms with Crippen LogP contribution in [0, 0.1) is 0 Å². The molecule has 2 heterocycles. The van der Waals surface area contributed by atoms with E-state index in [-0.39, 0.29) is 12.3 Å². The molecule has 0 aliphatic heterocycles. The molecule has 1 aromatic carbocycles. The maximum absolute atomic E-state index is 12.4. The first-order chi connectivity index (χ1) is 9.66. The van der Waals surface area contributed by atoms with Crippen molar-refractivity contribution in [1.82, 2.24) is 14.8 Å². The summed E-state index contributed by atoms with van der Waals surface area (Å²) in [5.74, 6) is -0.0334. The summed E-state index contributed by atoms with van der Waals surface area (Å²) in [5.41, 5.74) is 0.687. The molecule has 0 bridgehead atoms. The van der Waals surface area contributed by atoms with Crippen molar-refractivity contribution in [2.24, 2.45) is 0 Å². The van der Waals surface area contributed by atoms with E-state index in [1.54, 1.807) is 11.3 Å². The number of Topliss-reactive ketones (excluding diaryl/α,β-unsaturated/α-hetero) is 1. The second-order valence-electron chi connectivity index (χ2n) is 4.26. The summed E-state index contributed by atoms with van der Waals surface area (Å²) in [6, 6.07) is 7.79. The zero-order valence-corrected chi connectivity index (χ0v) is 12.3. The molecule has 0 fully saturated rings. The van der Waals surface area contributed by atoms with Crippen LogP contribution in [0.5, 0.6) is 0 Å². The van der Waals surface area contributed by atoms with Gasteiger partial charge in [0.2, 0.25) is 5.16 Å². The van der Waals surface area contributed by atoms with Crippen LogP contribution in [0.3, 0.4) is 0 Å². The van der Waals surface area contributed by atoms with Crippen molar-refractivity contribution in [1.29, 1.82) is 0 Å². The van der Waals surface area contributed by atoms with E-state index in [0.29, 0.717) is 10.7 Å². The molecule has 0 radical (unpaired) electrons. The summed E-state index contributed by atoms with van der Waals surface area (Å²) >= 11 is 1.54. The number of ketones is 1. The van der Waals surface area contributed by atoms with Gasteiger partial charge in [0, 0.05) is 27.3 Å². The largest absolute Gasteiger partial charge is 0.299 e. The molecule has 2 aromatic heterocycles. The number of rotatable bonds is 4. The van der Waals surface area contributed by atoms with Gasteiger partial charge in [0.25, 0.3) is 0 Å². The monoisotopic (exact) mass is 305 g/mol. The molecule has 0 saturated heterocycles. The van der Waals surface area contributed by atoms with Crippen molar-refractivity contribution >= 4 is 38.0 Å². The highest BCUT2D eigenvalue weighted by atomic mass is 32.2. The first-order valence-corrected chi connectivity index (χ1v) is 8.31. The average molecular weight is 305 g/mol. The molecule has 0 unspecified atom stereocenters. The third-order valence-electron chi connectivity index (χ3n) is 2.93. The molecule has 1 atom stereocenters. The van der Waals surface area contributed by atoms with Crippen LogP contribution in [0.4, 0.5) is 0 Å². The number of benzene rings is 1. The molecule has 0 aliphatic rings. The highest BCUT2D eigenvalue weighted by Crippen LogP contribution is 2.26. The topological polar surface area (TPSA) is 64.8 Å². The Morgan fingerprint density at radius 1 is 1.40 bits per heavy atom. The number of hydrogen-bond acceptors (Lipinski definition) is 5. The van der Waals surface area contributed by atoms with Crippen LogP contribution >= 0.6 is 11.3 Å². The van der Waals surface area contributed by atoms with Crippen LogP contribution in [-0.4, -0.2) is 31.0 Å². The normalized spacial score (nSPS) is 12.7. The van der Waals surface area contributed by atoms with Crippen LogP contribution in [0.1, 0.15) is 10.4 Å². The number of carbonyl (C=O) groups is 1. The molecule has 0 saturated carbocycles. The van der Waals surface area contributed by atoms with E-state index in [4.69, 9.17) is 0 Å². The van der Waals surface area contributed by atoms with Crippen molar-refractivity contribution in [2.45, 2.75) is 11.7 Å². The first-order valence-electron chi connectivity index (χ1n) is 5.87. The Kier molecular flexibility index (Phi) is 3.45. The lowest BCUT2D eigenvalue weighted by Gasteiger charge is -2.03. The molecule has 20 heavy (non-hydrogen) atoms. The van der Waals surface area contributed by atoms with Crippen LogP contribution in [0.2, 0.25) is 0 Å². The lowest BCUT2D eigenvalue weighted by atomic mass is 10.1. The summed E-state index contributed by atoms with van der Waals surface area (Å²) in [6.07, 6.45) is 2.95. The predicted molar refractivity (Wildman–Crippen MR) is 78.5 cm³/mol. The van der Waals surface area contributed by atoms with E-state index in [0.717, 1.165) is 10.1 Å². The number of aromatic nitrogens is 3. The van der Waals surface area contributed by atoms with E-state index >= 15 is 0 Å². The molecule has 7 heteroatoms. The molecule has 3 aromatic rings. The van der Waals surface area contributed by atoms with Gasteiger partial charge in [0.1, 0.15) is 6.33 Å². The van der Waals surface area contributed by atoms with E-state index in [2.05, 4.69) is 10.2 Å². The first kappa shape index (κ1) is 13.1. The lowest BCUT2D eigenvalue weighted by Crippen LogP contribution is -2.12. The Bertz CT molecular complexity index is 807. The molecule has 0 amide bonds. The minimum absolute atomic E-state index is 0.0334. The van der Waals surface area contributed by atoms with Crippen LogP contribution in [0.15, 0.2) is 41.1 Å². The van der Waals surface area contributed by atoms with Crippen LogP contribution < -0.4 is 0 Å². The Morgan fingerprint density at radius 2 is 2.20 bits per heavy atom. The Labute approximate surface area is 121 Å². The number of nitrogens with zero attached hydrogens (tertiary/aromatic N) is 3. The summed E-state index contributed by atoms with van der Waals surface area (Å²) in [4.78, 5) is 12.4. The molecular weight excluding hydrogens is 294 g/mol. The second-order valence-corrected chi connectivity index (χ2v) is 6.45. The van der Waals surface area contributed by atoms with Gasteiger partial charge < -0.3 is 0 Å². The van der Waals surface area contributed by atoms with Gasteiger partial charge in [-0.2, -0.15) is 0 Å². The van der Waals surface area contributed by atoms with Gasteiger partial charge in [0.05, 0.1) is 17.3 Å². The highest BCUT2D eigenvalue weighted by Gasteiger charge is 2.15. The summed E-state index contributed by atoms with van der Waals surface area (Å²) in [6.45, 7) is 0.0998. The molecule has 3 rings (SSSR count). The maximum Gasteiger partial charge on any atom is 0.221 e. The molecule has 0 aliphatic carbocycles. The third-order valence-corrected chi connectivity index (χ3v) is 4.73. The zero-order chi connectivity index (χ0) is 14.1. The Morgan fingerprint density at radius 3 is 3.00 bits per heavy atom. The van der Waals surface area contributed by atoms with E-state index in [9.17, 15) is 9.00 Å². The van der Waals surface area contributed by atoms with Crippen molar-refractivity contribution in [2.75, 3.05) is 6.26 Å². The van der Waals surface area contributed by atoms with Crippen molar-refractivity contribution < 1.29 is 9.00 Å². The smallest absolute Gasteiger partial charge is 0.221 e. The second kappa shape index (κ2) is 5.26. The zero-order valence-electron chi connectivity index (χ0n) is 10.6. The number of carbonyl (C=O) groups excluding carboxylic acids is 1. The van der Waals surface area contributed by atoms with Gasteiger partial charge in [-0.1, -0.05) is 18.2 Å². The number of fused-ring (bicyclic) bond motifs is 1. The Hall–Kier alpha value is -1.86. The minimum atomic E-state index is -1.26. The minimum Gasteiger partial charge on any atom is -0.299 e. The standard InChI is InChI=1S/C13H11N3O2S2/c1-20(18)13-15-14-8-16(13)6-11(17)10-7-19-12-5-3-2-4-9(10)12/h2-5,7-8H,6H2,1H3/t20-/m1/s1. The number of hydrogen-bond donors (Lipinski definition) is 0. The Balaban J connectivity index is 1.93. The number of thiophene rings is 1. The van der Waals surface area contributed by atoms with E-state index in [1.807, 2.05) is 29.6 Å². The van der Waals surface area contributed by atoms with Gasteiger partial charge in [-0.3, -0.25) is 13.6 Å². The fourth-order valence-electron chi connectivity index (χ4n) is 2.01. The fraction of sp³-hybridized carbons (Fsp3) is 0.154. The van der Waals surface area contributed by atoms with Gasteiger partial charge >= 0.3 is 0 Å². The molecule has 0 spiro atoms. The lowest BCUT2D eigenvalue weighted by molar-refractivity contribution is 0.0971. The fourth-order valence-corrected chi connectivity index (χ4v) is 3.58. The van der Waals surface area contributed by atoms with Crippen molar-refractivity contribution in [3.8, 4) is 0 Å². The van der Waals surface area contributed by atoms with Crippen molar-refractivity contribution in [3.05, 3.63) is 41.5 Å². The average Bonchev–Trinajstić information content (AvgIpc) is 3.04. The molecule has 5 nitrogen and oxygen atoms in total. The quantitative estimate of drug-likeness (QED) is 0.693. The summed E-state index contributed by atoms with van der Waals surface area (Å²) in [5, 5.41) is 10.6.